The normalized spacial score (nSPS) is 25.5. The molecule has 0 amide bonds. The first kappa shape index (κ1) is 23.0. The van der Waals surface area contributed by atoms with Crippen LogP contribution in [0.15, 0.2) is 0 Å². The molecule has 0 aliphatic carbocycles. The summed E-state index contributed by atoms with van der Waals surface area (Å²) in [5.74, 6) is -1.64. The summed E-state index contributed by atoms with van der Waals surface area (Å²) in [6, 6.07) is -0.694. The van der Waals surface area contributed by atoms with Crippen LogP contribution < -0.4 is 12.4 Å². The highest BCUT2D eigenvalue weighted by Gasteiger charge is 2.62. The van der Waals surface area contributed by atoms with Crippen molar-refractivity contribution >= 4 is 21.2 Å². The van der Waals surface area contributed by atoms with Crippen LogP contribution >= 0.6 is 15.2 Å². The number of rotatable bonds is 5. The lowest BCUT2D eigenvalue weighted by molar-refractivity contribution is -0.923. The van der Waals surface area contributed by atoms with Gasteiger partial charge < -0.3 is 46.7 Å². The first-order chi connectivity index (χ1) is 9.62. The third kappa shape index (κ3) is 4.75. The number of carbonyl (C=O) groups is 1. The van der Waals surface area contributed by atoms with Crippen molar-refractivity contribution in [3.63, 3.8) is 0 Å². The van der Waals surface area contributed by atoms with E-state index in [-0.39, 0.29) is 36.3 Å². The van der Waals surface area contributed by atoms with Gasteiger partial charge in [0, 0.05) is 6.42 Å². The van der Waals surface area contributed by atoms with Gasteiger partial charge in [-0.15, -0.1) is 0 Å². The van der Waals surface area contributed by atoms with Crippen molar-refractivity contribution in [2.24, 2.45) is 5.92 Å². The zero-order chi connectivity index (χ0) is 17.6. The maximum atomic E-state index is 11.4. The second-order valence-corrected chi connectivity index (χ2v) is 10.3. The Balaban J connectivity index is 0.00000484. The molecule has 0 radical (unpaired) electrons. The van der Waals surface area contributed by atoms with Gasteiger partial charge in [0.2, 0.25) is 0 Å². The smallest absolute Gasteiger partial charge is 0.369 e. The molecule has 1 aliphatic heterocycles. The number of carboxylic acid groups (broad SMARTS) is 1. The van der Waals surface area contributed by atoms with E-state index in [9.17, 15) is 38.6 Å². The minimum absolute atomic E-state index is 0. The molecule has 2 unspecified atom stereocenters. The molecule has 0 aromatic heterocycles. The number of likely N-dealkylation sites (tertiary alicyclic amines) is 1. The van der Waals surface area contributed by atoms with E-state index >= 15 is 0 Å². The largest absolute Gasteiger partial charge is 1.00 e. The molecular weight excluding hydrogens is 376 g/mol. The topological polar surface area (TPSA) is 173 Å². The molecule has 1 saturated heterocycles. The van der Waals surface area contributed by atoms with E-state index in [0.29, 0.717) is 0 Å². The van der Waals surface area contributed by atoms with E-state index < -0.39 is 44.6 Å². The molecule has 0 bridgehead atoms. The van der Waals surface area contributed by atoms with Gasteiger partial charge >= 0.3 is 21.2 Å². The maximum Gasteiger partial charge on any atom is 0.369 e. The van der Waals surface area contributed by atoms with Crippen LogP contribution in [0.5, 0.6) is 0 Å². The van der Waals surface area contributed by atoms with Crippen molar-refractivity contribution < 1.29 is 60.6 Å². The summed E-state index contributed by atoms with van der Waals surface area (Å²) in [5, 5.41) is 15.6. The molecule has 0 aromatic rings. The van der Waals surface area contributed by atoms with Crippen molar-refractivity contribution in [1.29, 1.82) is 0 Å². The Labute approximate surface area is 139 Å². The quantitative estimate of drug-likeness (QED) is 0.202. The number of aliphatic hydroxyl groups is 1. The summed E-state index contributed by atoms with van der Waals surface area (Å²) >= 11 is 0. The molecule has 13 heteroatoms. The molecule has 10 nitrogen and oxygen atoms in total. The zero-order valence-corrected chi connectivity index (χ0v) is 15.2. The van der Waals surface area contributed by atoms with Gasteiger partial charge in [0.15, 0.2) is 0 Å². The molecule has 1 fully saturated rings. The van der Waals surface area contributed by atoms with Gasteiger partial charge in [-0.3, -0.25) is 13.9 Å². The van der Waals surface area contributed by atoms with Gasteiger partial charge in [0.25, 0.3) is 5.08 Å². The Hall–Kier alpha value is -0.0200. The van der Waals surface area contributed by atoms with Crippen LogP contribution in [0.25, 0.3) is 0 Å². The molecule has 2 atom stereocenters. The summed E-state index contributed by atoms with van der Waals surface area (Å²) in [5.41, 5.74) is 0. The van der Waals surface area contributed by atoms with Crippen LogP contribution in [0.4, 0.5) is 0 Å². The van der Waals surface area contributed by atoms with E-state index in [1.54, 1.807) is 14.1 Å². The van der Waals surface area contributed by atoms with E-state index in [1.807, 2.05) is 0 Å². The fourth-order valence-electron chi connectivity index (χ4n) is 2.83. The van der Waals surface area contributed by atoms with E-state index in [0.717, 1.165) is 0 Å². The molecule has 138 valence electrons. The number of halogens is 1. The van der Waals surface area contributed by atoms with Crippen LogP contribution in [0.1, 0.15) is 19.3 Å². The summed E-state index contributed by atoms with van der Waals surface area (Å²) in [6.07, 6.45) is -0.437. The van der Waals surface area contributed by atoms with Gasteiger partial charge in [0.1, 0.15) is 5.92 Å². The molecule has 1 heterocycles. The Morgan fingerprint density at radius 1 is 1.13 bits per heavy atom. The minimum atomic E-state index is -5.50. The second-order valence-electron chi connectivity index (χ2n) is 6.29. The molecule has 1 rings (SSSR count). The first-order valence-electron chi connectivity index (χ1n) is 6.51. The average molecular weight is 398 g/mol. The standard InChI is InChI=1S/C10H21NO9P2.ClH/c1-11(2)6-7(9(12)13)3-4-8(11)5-10(14,21(15,16)17)22(18,19)20;/h7-8,14H,3-6H2,1-2H3,(H4-,12,13,15,16,17,18,19,20);1H. The van der Waals surface area contributed by atoms with Crippen molar-refractivity contribution in [3.8, 4) is 0 Å². The van der Waals surface area contributed by atoms with E-state index in [1.165, 1.54) is 0 Å². The van der Waals surface area contributed by atoms with Crippen molar-refractivity contribution in [1.82, 2.24) is 0 Å². The highest BCUT2D eigenvalue weighted by atomic mass is 35.5. The molecule has 0 saturated carbocycles. The molecule has 0 aromatic carbocycles. The fraction of sp³-hybridized carbons (Fsp3) is 0.900. The van der Waals surface area contributed by atoms with Crippen molar-refractivity contribution in [2.45, 2.75) is 30.4 Å². The summed E-state index contributed by atoms with van der Waals surface area (Å²) in [7, 11) is -7.81. The van der Waals surface area contributed by atoms with Gasteiger partial charge in [-0.05, 0) is 6.42 Å². The van der Waals surface area contributed by atoms with Crippen molar-refractivity contribution in [3.05, 3.63) is 0 Å². The first-order valence-corrected chi connectivity index (χ1v) is 9.73. The lowest BCUT2D eigenvalue weighted by Gasteiger charge is -2.46. The van der Waals surface area contributed by atoms with E-state index in [4.69, 9.17) is 5.11 Å². The van der Waals surface area contributed by atoms with Crippen LogP contribution in [0.2, 0.25) is 0 Å². The molecule has 6 N–H and O–H groups in total. The predicted octanol–water partition coefficient (Wildman–Crippen LogP) is -3.68. The molecule has 23 heavy (non-hydrogen) atoms. The minimum Gasteiger partial charge on any atom is -1.00 e. The average Bonchev–Trinajstić information content (AvgIpc) is 2.27. The number of hydrogen-bond donors (Lipinski definition) is 6. The van der Waals surface area contributed by atoms with E-state index in [2.05, 4.69) is 0 Å². The van der Waals surface area contributed by atoms with Crippen LogP contribution in [0.3, 0.4) is 0 Å². The molecular formula is C10H22ClNO9P2. The number of hydrogen-bond acceptors (Lipinski definition) is 4. The molecule has 0 spiro atoms. The lowest BCUT2D eigenvalue weighted by atomic mass is 9.89. The zero-order valence-electron chi connectivity index (χ0n) is 12.6. The van der Waals surface area contributed by atoms with Crippen LogP contribution in [0, 0.1) is 5.92 Å². The third-order valence-electron chi connectivity index (χ3n) is 4.32. The number of aliphatic carboxylic acids is 1. The third-order valence-corrected chi connectivity index (χ3v) is 8.11. The Morgan fingerprint density at radius 3 is 1.87 bits per heavy atom. The second kappa shape index (κ2) is 7.07. The van der Waals surface area contributed by atoms with Crippen LogP contribution in [-0.2, 0) is 13.9 Å². The maximum absolute atomic E-state index is 11.4. The molecule has 1 aliphatic rings. The monoisotopic (exact) mass is 397 g/mol. The predicted molar refractivity (Wildman–Crippen MR) is 74.8 cm³/mol. The number of piperidine rings is 1. The van der Waals surface area contributed by atoms with Gasteiger partial charge in [-0.2, -0.15) is 0 Å². The van der Waals surface area contributed by atoms with Crippen molar-refractivity contribution in [2.75, 3.05) is 20.6 Å². The number of carboxylic acids is 1. The van der Waals surface area contributed by atoms with Gasteiger partial charge in [-0.1, -0.05) is 0 Å². The summed E-state index contributed by atoms with van der Waals surface area (Å²) in [6.45, 7) is 0.137. The van der Waals surface area contributed by atoms with Crippen LogP contribution in [-0.4, -0.2) is 72.0 Å². The summed E-state index contributed by atoms with van der Waals surface area (Å²) in [4.78, 5) is 47.8. The van der Waals surface area contributed by atoms with Gasteiger partial charge in [-0.25, -0.2) is 0 Å². The Bertz CT molecular complexity index is 520. The number of quaternary nitrogens is 1. The van der Waals surface area contributed by atoms with Gasteiger partial charge in [0.05, 0.1) is 33.1 Å². The highest BCUT2D eigenvalue weighted by molar-refractivity contribution is 7.72. The lowest BCUT2D eigenvalue weighted by Crippen LogP contribution is -3.00. The number of nitrogens with zero attached hydrogens (tertiary/aromatic N) is 1. The SMILES string of the molecule is C[N+]1(C)CC(C(=O)O)CCC1CC(O)(P(=O)(O)O)P(=O)(O)O.[Cl-]. The highest BCUT2D eigenvalue weighted by Crippen LogP contribution is 2.69. The Morgan fingerprint density at radius 2 is 1.57 bits per heavy atom. The Kier molecular flexibility index (Phi) is 7.07. The summed E-state index contributed by atoms with van der Waals surface area (Å²) < 4.78 is 22.8. The fourth-order valence-corrected chi connectivity index (χ4v) is 5.08.